The summed E-state index contributed by atoms with van der Waals surface area (Å²) in [5, 5.41) is 0. The smallest absolute Gasteiger partial charge is 0.276 e. The lowest BCUT2D eigenvalue weighted by molar-refractivity contribution is 0.496. The Labute approximate surface area is 171 Å². The highest BCUT2D eigenvalue weighted by atomic mass is 16.1. The van der Waals surface area contributed by atoms with Crippen LogP contribution in [0.3, 0.4) is 0 Å². The van der Waals surface area contributed by atoms with Crippen LogP contribution in [0.4, 0.5) is 5.95 Å². The van der Waals surface area contributed by atoms with Crippen LogP contribution in [0.5, 0.6) is 0 Å². The van der Waals surface area contributed by atoms with Gasteiger partial charge in [-0.25, -0.2) is 4.98 Å². The van der Waals surface area contributed by atoms with Crippen LogP contribution in [0.25, 0.3) is 11.0 Å². The summed E-state index contributed by atoms with van der Waals surface area (Å²) < 4.78 is 3.74. The van der Waals surface area contributed by atoms with Gasteiger partial charge in [-0.1, -0.05) is 36.3 Å². The SMILES string of the molecule is CC#CCn1c(N2CCCC(N)C2)nc2ccn(CCc3ccccc3)c(=O)c21. The Hall–Kier alpha value is -3.04. The second kappa shape index (κ2) is 8.54. The Bertz CT molecular complexity index is 1100. The molecule has 1 aromatic carbocycles. The molecular formula is C23H27N5O. The topological polar surface area (TPSA) is 69.1 Å². The number of anilines is 1. The largest absolute Gasteiger partial charge is 0.341 e. The molecule has 0 saturated carbocycles. The van der Waals surface area contributed by atoms with Crippen molar-refractivity contribution in [2.45, 2.75) is 45.3 Å². The molecule has 1 aliphatic heterocycles. The maximum absolute atomic E-state index is 13.3. The van der Waals surface area contributed by atoms with Crippen molar-refractivity contribution in [1.29, 1.82) is 0 Å². The predicted molar refractivity (Wildman–Crippen MR) is 117 cm³/mol. The van der Waals surface area contributed by atoms with E-state index in [4.69, 9.17) is 10.7 Å². The molecule has 6 nitrogen and oxygen atoms in total. The van der Waals surface area contributed by atoms with Gasteiger partial charge in [-0.3, -0.25) is 9.36 Å². The molecular weight excluding hydrogens is 362 g/mol. The van der Waals surface area contributed by atoms with E-state index in [0.717, 1.165) is 43.8 Å². The minimum absolute atomic E-state index is 0.0172. The van der Waals surface area contributed by atoms with Crippen molar-refractivity contribution in [3.8, 4) is 11.8 Å². The molecule has 150 valence electrons. The number of nitrogens with two attached hydrogens (primary N) is 1. The fraction of sp³-hybridized carbons (Fsp3) is 0.391. The van der Waals surface area contributed by atoms with Crippen molar-refractivity contribution in [3.05, 3.63) is 58.5 Å². The van der Waals surface area contributed by atoms with Crippen LogP contribution >= 0.6 is 0 Å². The highest BCUT2D eigenvalue weighted by Gasteiger charge is 2.23. The van der Waals surface area contributed by atoms with Gasteiger partial charge < -0.3 is 15.2 Å². The lowest BCUT2D eigenvalue weighted by atomic mass is 10.1. The highest BCUT2D eigenvalue weighted by molar-refractivity contribution is 5.78. The first-order chi connectivity index (χ1) is 14.2. The van der Waals surface area contributed by atoms with Crippen molar-refractivity contribution in [1.82, 2.24) is 14.1 Å². The number of hydrogen-bond acceptors (Lipinski definition) is 4. The van der Waals surface area contributed by atoms with Crippen molar-refractivity contribution in [3.63, 3.8) is 0 Å². The van der Waals surface area contributed by atoms with Crippen molar-refractivity contribution < 1.29 is 0 Å². The Kier molecular flexibility index (Phi) is 5.68. The lowest BCUT2D eigenvalue weighted by Crippen LogP contribution is -2.44. The number of fused-ring (bicyclic) bond motifs is 1. The van der Waals surface area contributed by atoms with Gasteiger partial charge in [-0.05, 0) is 37.8 Å². The summed E-state index contributed by atoms with van der Waals surface area (Å²) in [7, 11) is 0. The maximum atomic E-state index is 13.3. The summed E-state index contributed by atoms with van der Waals surface area (Å²) in [6.45, 7) is 4.55. The molecule has 0 spiro atoms. The summed E-state index contributed by atoms with van der Waals surface area (Å²) in [5.74, 6) is 6.85. The molecule has 0 radical (unpaired) electrons. The van der Waals surface area contributed by atoms with Crippen LogP contribution in [-0.4, -0.2) is 33.2 Å². The van der Waals surface area contributed by atoms with E-state index in [0.29, 0.717) is 18.6 Å². The van der Waals surface area contributed by atoms with Gasteiger partial charge in [0.05, 0.1) is 12.1 Å². The molecule has 6 heteroatoms. The molecule has 1 saturated heterocycles. The van der Waals surface area contributed by atoms with E-state index in [9.17, 15) is 4.79 Å². The van der Waals surface area contributed by atoms with Crippen LogP contribution in [-0.2, 0) is 19.5 Å². The third kappa shape index (κ3) is 4.06. The quantitative estimate of drug-likeness (QED) is 0.681. The van der Waals surface area contributed by atoms with Crippen LogP contribution in [0.15, 0.2) is 47.4 Å². The number of imidazole rings is 1. The van der Waals surface area contributed by atoms with Gasteiger partial charge in [0.1, 0.15) is 5.52 Å². The zero-order valence-electron chi connectivity index (χ0n) is 16.8. The first kappa shape index (κ1) is 19.3. The fourth-order valence-corrected chi connectivity index (χ4v) is 3.98. The molecule has 29 heavy (non-hydrogen) atoms. The third-order valence-electron chi connectivity index (χ3n) is 5.49. The third-order valence-corrected chi connectivity index (χ3v) is 5.49. The molecule has 3 aromatic rings. The van der Waals surface area contributed by atoms with Crippen LogP contribution in [0.2, 0.25) is 0 Å². The van der Waals surface area contributed by atoms with Gasteiger partial charge in [0.15, 0.2) is 0 Å². The molecule has 1 fully saturated rings. The number of aryl methyl sites for hydroxylation is 2. The molecule has 0 amide bonds. The normalized spacial score (nSPS) is 16.6. The molecule has 1 atom stereocenters. The second-order valence-corrected chi connectivity index (χ2v) is 7.56. The molecule has 2 N–H and O–H groups in total. The van der Waals surface area contributed by atoms with Crippen LogP contribution in [0.1, 0.15) is 25.3 Å². The lowest BCUT2D eigenvalue weighted by Gasteiger charge is -2.31. The molecule has 2 aromatic heterocycles. The molecule has 3 heterocycles. The van der Waals surface area contributed by atoms with Gasteiger partial charge in [-0.15, -0.1) is 5.92 Å². The average molecular weight is 390 g/mol. The first-order valence-corrected chi connectivity index (χ1v) is 10.2. The monoisotopic (exact) mass is 389 g/mol. The number of aromatic nitrogens is 3. The molecule has 0 bridgehead atoms. The van der Waals surface area contributed by atoms with E-state index < -0.39 is 0 Å². The van der Waals surface area contributed by atoms with E-state index in [1.807, 2.05) is 42.0 Å². The Morgan fingerprint density at radius 3 is 2.83 bits per heavy atom. The number of pyridine rings is 1. The summed E-state index contributed by atoms with van der Waals surface area (Å²) >= 11 is 0. The standard InChI is InChI=1S/C23H27N5O/c1-2-3-14-28-21-20(25-23(28)27-13-7-10-19(24)17-27)12-16-26(22(21)29)15-11-18-8-5-4-6-9-18/h4-6,8-9,12,16,19H,7,10-11,13-15,17,24H2,1H3. The summed E-state index contributed by atoms with van der Waals surface area (Å²) in [5.41, 5.74) is 8.72. The van der Waals surface area contributed by atoms with Gasteiger partial charge >= 0.3 is 0 Å². The minimum atomic E-state index is -0.0172. The summed E-state index contributed by atoms with van der Waals surface area (Å²) in [6, 6.07) is 12.3. The van der Waals surface area contributed by atoms with E-state index >= 15 is 0 Å². The highest BCUT2D eigenvalue weighted by Crippen LogP contribution is 2.23. The van der Waals surface area contributed by atoms with E-state index in [1.165, 1.54) is 5.56 Å². The van der Waals surface area contributed by atoms with Gasteiger partial charge in [0, 0.05) is 31.9 Å². The average Bonchev–Trinajstić information content (AvgIpc) is 3.12. The Morgan fingerprint density at radius 2 is 2.07 bits per heavy atom. The minimum Gasteiger partial charge on any atom is -0.341 e. The predicted octanol–water partition coefficient (Wildman–Crippen LogP) is 2.39. The Balaban J connectivity index is 1.72. The zero-order chi connectivity index (χ0) is 20.2. The number of rotatable bonds is 5. The molecule has 1 unspecified atom stereocenters. The van der Waals surface area contributed by atoms with Gasteiger partial charge in [0.25, 0.3) is 5.56 Å². The van der Waals surface area contributed by atoms with E-state index in [2.05, 4.69) is 28.9 Å². The number of nitrogens with zero attached hydrogens (tertiary/aromatic N) is 4. The number of hydrogen-bond donors (Lipinski definition) is 1. The summed E-state index contributed by atoms with van der Waals surface area (Å²) in [4.78, 5) is 20.3. The first-order valence-electron chi connectivity index (χ1n) is 10.2. The summed E-state index contributed by atoms with van der Waals surface area (Å²) in [6.07, 6.45) is 4.72. The molecule has 1 aliphatic rings. The van der Waals surface area contributed by atoms with Gasteiger partial charge in [-0.2, -0.15) is 0 Å². The number of benzene rings is 1. The van der Waals surface area contributed by atoms with Gasteiger partial charge in [0.2, 0.25) is 5.95 Å². The van der Waals surface area contributed by atoms with Crippen molar-refractivity contribution in [2.24, 2.45) is 5.73 Å². The van der Waals surface area contributed by atoms with E-state index in [-0.39, 0.29) is 11.6 Å². The van der Waals surface area contributed by atoms with Crippen molar-refractivity contribution >= 4 is 17.0 Å². The maximum Gasteiger partial charge on any atom is 0.276 e. The molecule has 0 aliphatic carbocycles. The van der Waals surface area contributed by atoms with Crippen molar-refractivity contribution in [2.75, 3.05) is 18.0 Å². The van der Waals surface area contributed by atoms with Crippen LogP contribution < -0.4 is 16.2 Å². The zero-order valence-corrected chi connectivity index (χ0v) is 16.8. The van der Waals surface area contributed by atoms with E-state index in [1.54, 1.807) is 4.57 Å². The number of piperidine rings is 1. The fourth-order valence-electron chi connectivity index (χ4n) is 3.98. The molecule has 4 rings (SSSR count). The second-order valence-electron chi connectivity index (χ2n) is 7.56. The Morgan fingerprint density at radius 1 is 1.24 bits per heavy atom. The van der Waals surface area contributed by atoms with Crippen LogP contribution in [0, 0.1) is 11.8 Å².